The molecule has 0 aliphatic carbocycles. The van der Waals surface area contributed by atoms with E-state index in [2.05, 4.69) is 5.32 Å². The first kappa shape index (κ1) is 22.6. The Bertz CT molecular complexity index is 1060. The fourth-order valence-electron chi connectivity index (χ4n) is 3.22. The van der Waals surface area contributed by atoms with E-state index in [1.54, 1.807) is 24.3 Å². The number of para-hydroxylation sites is 2. The third kappa shape index (κ3) is 5.15. The second-order valence-corrected chi connectivity index (χ2v) is 8.71. The van der Waals surface area contributed by atoms with Gasteiger partial charge in [0.15, 0.2) is 6.61 Å². The lowest BCUT2D eigenvalue weighted by Crippen LogP contribution is -2.28. The van der Waals surface area contributed by atoms with Crippen molar-refractivity contribution in [2.75, 3.05) is 39.2 Å². The third-order valence-corrected chi connectivity index (χ3v) is 6.72. The monoisotopic (exact) mass is 448 g/mol. The molecule has 0 saturated carbocycles. The summed E-state index contributed by atoms with van der Waals surface area (Å²) in [4.78, 5) is 24.5. The smallest absolute Gasteiger partial charge is 0.338 e. The first-order chi connectivity index (χ1) is 14.9. The van der Waals surface area contributed by atoms with Crippen LogP contribution in [0.3, 0.4) is 0 Å². The lowest BCUT2D eigenvalue weighted by atomic mass is 10.2. The molecule has 1 heterocycles. The van der Waals surface area contributed by atoms with Gasteiger partial charge in [0, 0.05) is 13.1 Å². The minimum atomic E-state index is -3.81. The van der Waals surface area contributed by atoms with Crippen LogP contribution in [-0.4, -0.2) is 58.5 Å². The predicted molar refractivity (Wildman–Crippen MR) is 113 cm³/mol. The van der Waals surface area contributed by atoms with Crippen LogP contribution >= 0.6 is 0 Å². The van der Waals surface area contributed by atoms with E-state index in [1.807, 2.05) is 0 Å². The number of hydrogen-bond acceptors (Lipinski definition) is 7. The number of anilines is 1. The van der Waals surface area contributed by atoms with Gasteiger partial charge in [-0.05, 0) is 43.2 Å². The number of carbonyl (C=O) groups is 2. The Balaban J connectivity index is 1.71. The summed E-state index contributed by atoms with van der Waals surface area (Å²) >= 11 is 0. The van der Waals surface area contributed by atoms with Crippen LogP contribution in [0.5, 0.6) is 11.5 Å². The van der Waals surface area contributed by atoms with E-state index in [0.29, 0.717) is 24.5 Å². The number of rotatable bonds is 8. The van der Waals surface area contributed by atoms with Crippen molar-refractivity contribution >= 4 is 27.6 Å². The van der Waals surface area contributed by atoms with Gasteiger partial charge in [-0.2, -0.15) is 4.31 Å². The normalized spacial score (nSPS) is 14.1. The van der Waals surface area contributed by atoms with Crippen molar-refractivity contribution in [2.45, 2.75) is 17.7 Å². The van der Waals surface area contributed by atoms with Gasteiger partial charge in [0.25, 0.3) is 5.91 Å². The number of carbonyl (C=O) groups excluding carboxylic acids is 2. The van der Waals surface area contributed by atoms with Crippen LogP contribution in [0.4, 0.5) is 5.69 Å². The Kier molecular flexibility index (Phi) is 7.13. The first-order valence-electron chi connectivity index (χ1n) is 9.65. The van der Waals surface area contributed by atoms with Gasteiger partial charge in [0.05, 0.1) is 25.5 Å². The van der Waals surface area contributed by atoms with E-state index in [9.17, 15) is 18.0 Å². The van der Waals surface area contributed by atoms with Crippen LogP contribution in [-0.2, 0) is 19.6 Å². The van der Waals surface area contributed by atoms with Crippen LogP contribution in [0.25, 0.3) is 0 Å². The van der Waals surface area contributed by atoms with Crippen LogP contribution in [0.15, 0.2) is 47.4 Å². The summed E-state index contributed by atoms with van der Waals surface area (Å²) in [5.74, 6) is -0.779. The zero-order valence-electron chi connectivity index (χ0n) is 17.3. The lowest BCUT2D eigenvalue weighted by molar-refractivity contribution is -0.119. The van der Waals surface area contributed by atoms with Crippen molar-refractivity contribution in [1.82, 2.24) is 4.31 Å². The average molecular weight is 448 g/mol. The van der Waals surface area contributed by atoms with Crippen LogP contribution in [0.2, 0.25) is 0 Å². The first-order valence-corrected chi connectivity index (χ1v) is 11.1. The van der Waals surface area contributed by atoms with E-state index < -0.39 is 28.5 Å². The van der Waals surface area contributed by atoms with Crippen LogP contribution < -0.4 is 14.8 Å². The maximum absolute atomic E-state index is 12.9. The Morgan fingerprint density at radius 2 is 1.68 bits per heavy atom. The summed E-state index contributed by atoms with van der Waals surface area (Å²) in [6.45, 7) is 0.295. The topological polar surface area (TPSA) is 111 Å². The lowest BCUT2D eigenvalue weighted by Gasteiger charge is -2.18. The molecular formula is C21H24N2O7S. The SMILES string of the molecule is COc1ccccc1NC(=O)COC(=O)c1ccc(OC)c(S(=O)(=O)N2CCCC2)c1. The molecule has 3 rings (SSSR count). The number of benzene rings is 2. The number of nitrogens with one attached hydrogen (secondary N) is 1. The van der Waals surface area contributed by atoms with Gasteiger partial charge in [-0.1, -0.05) is 12.1 Å². The highest BCUT2D eigenvalue weighted by molar-refractivity contribution is 7.89. The molecule has 9 nitrogen and oxygen atoms in total. The van der Waals surface area contributed by atoms with E-state index in [1.165, 1.54) is 36.7 Å². The fourth-order valence-corrected chi connectivity index (χ4v) is 4.92. The van der Waals surface area contributed by atoms with Crippen molar-refractivity contribution in [2.24, 2.45) is 0 Å². The molecule has 0 spiro atoms. The highest BCUT2D eigenvalue weighted by Gasteiger charge is 2.31. The molecule has 0 radical (unpaired) electrons. The number of esters is 1. The van der Waals surface area contributed by atoms with Crippen molar-refractivity contribution < 1.29 is 32.2 Å². The second kappa shape index (κ2) is 9.80. The Morgan fingerprint density at radius 3 is 2.35 bits per heavy atom. The predicted octanol–water partition coefficient (Wildman–Crippen LogP) is 2.28. The summed E-state index contributed by atoms with van der Waals surface area (Å²) in [6.07, 6.45) is 1.56. The summed E-state index contributed by atoms with van der Waals surface area (Å²) in [5, 5.41) is 2.60. The number of methoxy groups -OCH3 is 2. The van der Waals surface area contributed by atoms with Gasteiger partial charge in [-0.3, -0.25) is 4.79 Å². The van der Waals surface area contributed by atoms with E-state index in [4.69, 9.17) is 14.2 Å². The van der Waals surface area contributed by atoms with Gasteiger partial charge in [0.1, 0.15) is 16.4 Å². The molecule has 2 aromatic rings. The Hall–Kier alpha value is -3.11. The van der Waals surface area contributed by atoms with E-state index in [0.717, 1.165) is 12.8 Å². The fraction of sp³-hybridized carbons (Fsp3) is 0.333. The minimum absolute atomic E-state index is 0.00339. The zero-order chi connectivity index (χ0) is 22.4. The summed E-state index contributed by atoms with van der Waals surface area (Å²) in [5.41, 5.74) is 0.443. The van der Waals surface area contributed by atoms with Crippen molar-refractivity contribution in [3.63, 3.8) is 0 Å². The number of hydrogen-bond donors (Lipinski definition) is 1. The Morgan fingerprint density at radius 1 is 1.00 bits per heavy atom. The zero-order valence-corrected chi connectivity index (χ0v) is 18.1. The highest BCUT2D eigenvalue weighted by Crippen LogP contribution is 2.30. The van der Waals surface area contributed by atoms with Crippen molar-refractivity contribution in [1.29, 1.82) is 0 Å². The molecule has 0 unspecified atom stereocenters. The van der Waals surface area contributed by atoms with Gasteiger partial charge < -0.3 is 19.5 Å². The maximum Gasteiger partial charge on any atom is 0.338 e. The number of nitrogens with zero attached hydrogens (tertiary/aromatic N) is 1. The molecule has 1 aliphatic rings. The molecule has 10 heteroatoms. The van der Waals surface area contributed by atoms with Crippen LogP contribution in [0.1, 0.15) is 23.2 Å². The van der Waals surface area contributed by atoms with Gasteiger partial charge >= 0.3 is 5.97 Å². The van der Waals surface area contributed by atoms with Crippen LogP contribution in [0, 0.1) is 0 Å². The molecule has 0 bridgehead atoms. The van der Waals surface area contributed by atoms with E-state index >= 15 is 0 Å². The Labute approximate surface area is 181 Å². The molecule has 0 atom stereocenters. The molecule has 1 saturated heterocycles. The number of amides is 1. The molecule has 1 N–H and O–H groups in total. The van der Waals surface area contributed by atoms with Gasteiger partial charge in [-0.15, -0.1) is 0 Å². The average Bonchev–Trinajstić information content (AvgIpc) is 3.33. The highest BCUT2D eigenvalue weighted by atomic mass is 32.2. The number of ether oxygens (including phenoxy) is 3. The quantitative estimate of drug-likeness (QED) is 0.617. The molecule has 0 aromatic heterocycles. The summed E-state index contributed by atoms with van der Waals surface area (Å²) in [6, 6.07) is 10.8. The largest absolute Gasteiger partial charge is 0.495 e. The molecule has 1 fully saturated rings. The third-order valence-electron chi connectivity index (χ3n) is 4.80. The molecule has 2 aromatic carbocycles. The molecule has 166 valence electrons. The molecule has 31 heavy (non-hydrogen) atoms. The van der Waals surface area contributed by atoms with Gasteiger partial charge in [0.2, 0.25) is 10.0 Å². The molecule has 1 aliphatic heterocycles. The van der Waals surface area contributed by atoms with Crippen molar-refractivity contribution in [3.05, 3.63) is 48.0 Å². The van der Waals surface area contributed by atoms with Gasteiger partial charge in [-0.25, -0.2) is 13.2 Å². The standard InChI is InChI=1S/C21H24N2O7S/c1-28-17-8-4-3-7-16(17)22-20(24)14-30-21(25)15-9-10-18(29-2)19(13-15)31(26,27)23-11-5-6-12-23/h3-4,7-10,13H,5-6,11-12,14H2,1-2H3,(H,22,24). The molecule has 1 amide bonds. The van der Waals surface area contributed by atoms with E-state index in [-0.39, 0.29) is 16.2 Å². The summed E-state index contributed by atoms with van der Waals surface area (Å²) in [7, 11) is -0.975. The van der Waals surface area contributed by atoms with Crippen molar-refractivity contribution in [3.8, 4) is 11.5 Å². The molecular weight excluding hydrogens is 424 g/mol. The number of sulfonamides is 1. The summed E-state index contributed by atoms with van der Waals surface area (Å²) < 4.78 is 42.6. The second-order valence-electron chi connectivity index (χ2n) is 6.80. The maximum atomic E-state index is 12.9. The minimum Gasteiger partial charge on any atom is -0.495 e.